The normalized spacial score (nSPS) is 11.6. The van der Waals surface area contributed by atoms with E-state index in [1.807, 2.05) is 30.3 Å². The number of nitrogens with zero attached hydrogens (tertiary/aromatic N) is 1. The lowest BCUT2D eigenvalue weighted by molar-refractivity contribution is -0.137. The molecule has 0 aliphatic carbocycles. The van der Waals surface area contributed by atoms with E-state index in [9.17, 15) is 18.0 Å². The molecule has 0 spiro atoms. The first-order valence-electron chi connectivity index (χ1n) is 9.41. The summed E-state index contributed by atoms with van der Waals surface area (Å²) in [5.74, 6) is 0.146. The van der Waals surface area contributed by atoms with Gasteiger partial charge in [0.1, 0.15) is 0 Å². The third-order valence-corrected chi connectivity index (χ3v) is 5.31. The van der Waals surface area contributed by atoms with E-state index in [4.69, 9.17) is 16.3 Å². The molecule has 0 fully saturated rings. The Morgan fingerprint density at radius 2 is 1.65 bits per heavy atom. The zero-order valence-corrected chi connectivity index (χ0v) is 17.2. The van der Waals surface area contributed by atoms with Crippen LogP contribution in [0.15, 0.2) is 77.6 Å². The maximum Gasteiger partial charge on any atom is 0.416 e. The van der Waals surface area contributed by atoms with E-state index in [2.05, 4.69) is 0 Å². The van der Waals surface area contributed by atoms with Crippen molar-refractivity contribution in [2.45, 2.75) is 12.7 Å². The quantitative estimate of drug-likeness (QED) is 0.365. The van der Waals surface area contributed by atoms with Gasteiger partial charge >= 0.3 is 6.18 Å². The summed E-state index contributed by atoms with van der Waals surface area (Å²) in [7, 11) is 1.42. The van der Waals surface area contributed by atoms with Gasteiger partial charge in [-0.3, -0.25) is 4.79 Å². The van der Waals surface area contributed by atoms with Crippen LogP contribution in [0, 0.1) is 0 Å². The molecule has 31 heavy (non-hydrogen) atoms. The second-order valence-electron chi connectivity index (χ2n) is 7.02. The van der Waals surface area contributed by atoms with Crippen LogP contribution in [-0.2, 0) is 12.7 Å². The van der Waals surface area contributed by atoms with Gasteiger partial charge in [-0.2, -0.15) is 13.2 Å². The summed E-state index contributed by atoms with van der Waals surface area (Å²) in [6.07, 6.45) is -4.42. The van der Waals surface area contributed by atoms with Crippen LogP contribution >= 0.6 is 11.6 Å². The van der Waals surface area contributed by atoms with Crippen molar-refractivity contribution in [3.05, 3.63) is 99.3 Å². The lowest BCUT2D eigenvalue weighted by atomic mass is 9.99. The molecule has 3 aromatic carbocycles. The number of pyridine rings is 1. The van der Waals surface area contributed by atoms with Crippen LogP contribution in [0.2, 0.25) is 5.02 Å². The van der Waals surface area contributed by atoms with Crippen LogP contribution in [0.25, 0.3) is 22.0 Å². The Hall–Kier alpha value is -3.25. The van der Waals surface area contributed by atoms with Crippen molar-refractivity contribution < 1.29 is 17.9 Å². The van der Waals surface area contributed by atoms with Crippen molar-refractivity contribution in [3.63, 3.8) is 0 Å². The van der Waals surface area contributed by atoms with Gasteiger partial charge in [-0.25, -0.2) is 0 Å². The molecule has 1 aromatic heterocycles. The highest BCUT2D eigenvalue weighted by molar-refractivity contribution is 6.31. The molecule has 0 saturated carbocycles. The number of fused-ring (bicyclic) bond motifs is 1. The minimum Gasteiger partial charge on any atom is -0.491 e. The fourth-order valence-electron chi connectivity index (χ4n) is 3.62. The highest BCUT2D eigenvalue weighted by Gasteiger charge is 2.30. The zero-order chi connectivity index (χ0) is 22.2. The summed E-state index contributed by atoms with van der Waals surface area (Å²) in [6, 6.07) is 19.3. The van der Waals surface area contributed by atoms with Gasteiger partial charge in [0.25, 0.3) is 5.56 Å². The Morgan fingerprint density at radius 3 is 2.26 bits per heavy atom. The first kappa shape index (κ1) is 21.0. The fourth-order valence-corrected chi connectivity index (χ4v) is 3.80. The average molecular weight is 444 g/mol. The minimum atomic E-state index is -4.42. The molecule has 1 heterocycles. The molecule has 7 heteroatoms. The Balaban J connectivity index is 1.93. The molecular weight excluding hydrogens is 427 g/mol. The second kappa shape index (κ2) is 8.12. The number of halogens is 4. The zero-order valence-electron chi connectivity index (χ0n) is 16.4. The number of methoxy groups -OCH3 is 1. The predicted molar refractivity (Wildman–Crippen MR) is 116 cm³/mol. The van der Waals surface area contributed by atoms with E-state index < -0.39 is 11.7 Å². The molecule has 4 rings (SSSR count). The first-order chi connectivity index (χ1) is 14.8. The van der Waals surface area contributed by atoms with Gasteiger partial charge < -0.3 is 9.30 Å². The third kappa shape index (κ3) is 4.03. The van der Waals surface area contributed by atoms with E-state index in [0.717, 1.165) is 17.7 Å². The minimum absolute atomic E-state index is 0.0839. The van der Waals surface area contributed by atoms with Crippen molar-refractivity contribution in [2.24, 2.45) is 0 Å². The van der Waals surface area contributed by atoms with Gasteiger partial charge in [0.2, 0.25) is 0 Å². The molecule has 0 N–H and O–H groups in total. The number of hydrogen-bond donors (Lipinski definition) is 0. The lowest BCUT2D eigenvalue weighted by Crippen LogP contribution is -2.23. The summed E-state index contributed by atoms with van der Waals surface area (Å²) >= 11 is 6.25. The monoisotopic (exact) mass is 443 g/mol. The molecule has 0 aliphatic rings. The summed E-state index contributed by atoms with van der Waals surface area (Å²) in [5.41, 5.74) is 1.46. The van der Waals surface area contributed by atoms with Crippen molar-refractivity contribution in [1.29, 1.82) is 0 Å². The summed E-state index contributed by atoms with van der Waals surface area (Å²) in [5, 5.41) is 1.20. The molecule has 0 radical (unpaired) electrons. The van der Waals surface area contributed by atoms with Crippen molar-refractivity contribution in [3.8, 4) is 16.9 Å². The Kier molecular flexibility index (Phi) is 5.50. The number of alkyl halides is 3. The van der Waals surface area contributed by atoms with Gasteiger partial charge in [-0.05, 0) is 41.5 Å². The fraction of sp³-hybridized carbons (Fsp3) is 0.125. The Bertz CT molecular complexity index is 1300. The Labute approximate surface area is 181 Å². The van der Waals surface area contributed by atoms with Gasteiger partial charge in [0.15, 0.2) is 5.75 Å². The maximum atomic E-state index is 13.3. The number of benzene rings is 3. The van der Waals surface area contributed by atoms with Gasteiger partial charge in [0.05, 0.1) is 24.7 Å². The molecule has 3 nitrogen and oxygen atoms in total. The first-order valence-corrected chi connectivity index (χ1v) is 9.79. The number of rotatable bonds is 4. The Morgan fingerprint density at radius 1 is 0.968 bits per heavy atom. The highest BCUT2D eigenvalue weighted by Crippen LogP contribution is 2.36. The van der Waals surface area contributed by atoms with Crippen molar-refractivity contribution in [1.82, 2.24) is 4.57 Å². The van der Waals surface area contributed by atoms with Crippen LogP contribution in [0.1, 0.15) is 11.1 Å². The second-order valence-corrected chi connectivity index (χ2v) is 7.46. The van der Waals surface area contributed by atoms with E-state index in [0.29, 0.717) is 27.1 Å². The molecule has 0 atom stereocenters. The number of ether oxygens (including phenoxy) is 1. The smallest absolute Gasteiger partial charge is 0.416 e. The number of aromatic nitrogens is 1. The van der Waals surface area contributed by atoms with E-state index >= 15 is 0 Å². The van der Waals surface area contributed by atoms with E-state index in [-0.39, 0.29) is 17.9 Å². The lowest BCUT2D eigenvalue weighted by Gasteiger charge is -2.18. The molecule has 158 valence electrons. The predicted octanol–water partition coefficient (Wildman–Crippen LogP) is 6.40. The van der Waals surface area contributed by atoms with Crippen LogP contribution in [0.5, 0.6) is 5.75 Å². The molecule has 4 aromatic rings. The topological polar surface area (TPSA) is 31.2 Å². The molecule has 0 amide bonds. The van der Waals surface area contributed by atoms with Crippen LogP contribution in [0.3, 0.4) is 0 Å². The highest BCUT2D eigenvalue weighted by atomic mass is 35.5. The van der Waals surface area contributed by atoms with E-state index in [1.165, 1.54) is 23.8 Å². The van der Waals surface area contributed by atoms with Crippen molar-refractivity contribution >= 4 is 22.5 Å². The summed E-state index contributed by atoms with van der Waals surface area (Å²) < 4.78 is 45.6. The van der Waals surface area contributed by atoms with Crippen LogP contribution in [-0.4, -0.2) is 11.7 Å². The van der Waals surface area contributed by atoms with E-state index in [1.54, 1.807) is 18.2 Å². The standard InChI is InChI=1S/C24H17ClF3NO2/c1-31-22-21(16-5-3-2-4-6-16)19-13-18(25)11-12-20(19)29(23(22)30)14-15-7-9-17(10-8-15)24(26,27)28/h2-13H,14H2,1H3. The summed E-state index contributed by atoms with van der Waals surface area (Å²) in [6.45, 7) is 0.0839. The SMILES string of the molecule is COc1c(-c2ccccc2)c2cc(Cl)ccc2n(Cc2ccc(C(F)(F)F)cc2)c1=O. The van der Waals surface area contributed by atoms with Crippen LogP contribution < -0.4 is 10.3 Å². The summed E-state index contributed by atoms with van der Waals surface area (Å²) in [4.78, 5) is 13.3. The third-order valence-electron chi connectivity index (χ3n) is 5.07. The molecule has 0 bridgehead atoms. The van der Waals surface area contributed by atoms with Gasteiger partial charge in [-0.15, -0.1) is 0 Å². The van der Waals surface area contributed by atoms with Crippen molar-refractivity contribution in [2.75, 3.05) is 7.11 Å². The maximum absolute atomic E-state index is 13.3. The molecule has 0 saturated heterocycles. The largest absolute Gasteiger partial charge is 0.491 e. The van der Waals surface area contributed by atoms with Crippen LogP contribution in [0.4, 0.5) is 13.2 Å². The molecular formula is C24H17ClF3NO2. The molecule has 0 unspecified atom stereocenters. The number of hydrogen-bond acceptors (Lipinski definition) is 2. The van der Waals surface area contributed by atoms with Gasteiger partial charge in [0, 0.05) is 16.0 Å². The molecule has 0 aliphatic heterocycles. The van der Waals surface area contributed by atoms with Gasteiger partial charge in [-0.1, -0.05) is 54.1 Å². The average Bonchev–Trinajstić information content (AvgIpc) is 2.75.